The van der Waals surface area contributed by atoms with Gasteiger partial charge in [-0.2, -0.15) is 0 Å². The molecule has 0 unspecified atom stereocenters. The molecule has 4 heteroatoms. The van der Waals surface area contributed by atoms with Crippen LogP contribution >= 0.6 is 0 Å². The maximum Gasteiger partial charge on any atom is 0.260 e. The Labute approximate surface area is 162 Å². The van der Waals surface area contributed by atoms with Crippen LogP contribution in [0.25, 0.3) is 0 Å². The van der Waals surface area contributed by atoms with Gasteiger partial charge in [0.1, 0.15) is 18.1 Å². The summed E-state index contributed by atoms with van der Waals surface area (Å²) < 4.78 is 11.7. The van der Waals surface area contributed by atoms with Crippen molar-refractivity contribution in [1.29, 1.82) is 0 Å². The van der Waals surface area contributed by atoms with Crippen molar-refractivity contribution in [1.82, 2.24) is 5.32 Å². The van der Waals surface area contributed by atoms with Crippen molar-refractivity contribution in [3.63, 3.8) is 0 Å². The van der Waals surface area contributed by atoms with Crippen molar-refractivity contribution < 1.29 is 14.3 Å². The lowest BCUT2D eigenvalue weighted by Crippen LogP contribution is -2.38. The van der Waals surface area contributed by atoms with Crippen LogP contribution in [0, 0.1) is 20.8 Å². The van der Waals surface area contributed by atoms with E-state index in [4.69, 9.17) is 9.47 Å². The lowest BCUT2D eigenvalue weighted by molar-refractivity contribution is -0.127. The van der Waals surface area contributed by atoms with Gasteiger partial charge < -0.3 is 14.8 Å². The van der Waals surface area contributed by atoms with E-state index >= 15 is 0 Å². The van der Waals surface area contributed by atoms with Crippen LogP contribution in [0.15, 0.2) is 36.4 Å². The number of hydrogen-bond donors (Lipinski definition) is 1. The van der Waals surface area contributed by atoms with E-state index in [0.717, 1.165) is 33.8 Å². The molecule has 0 aliphatic heterocycles. The molecular formula is C23H31NO3. The molecule has 0 fully saturated rings. The molecule has 146 valence electrons. The van der Waals surface area contributed by atoms with Gasteiger partial charge in [0.05, 0.1) is 6.54 Å². The molecule has 1 N–H and O–H groups in total. The second-order valence-corrected chi connectivity index (χ2v) is 7.42. The molecule has 0 aromatic heterocycles. The second kappa shape index (κ2) is 9.45. The van der Waals surface area contributed by atoms with Crippen molar-refractivity contribution in [2.24, 2.45) is 0 Å². The average Bonchev–Trinajstić information content (AvgIpc) is 2.57. The van der Waals surface area contributed by atoms with Crippen molar-refractivity contribution >= 4 is 5.91 Å². The van der Waals surface area contributed by atoms with Gasteiger partial charge in [0.2, 0.25) is 0 Å². The number of hydrogen-bond acceptors (Lipinski definition) is 3. The van der Waals surface area contributed by atoms with Crippen LogP contribution in [0.3, 0.4) is 0 Å². The zero-order chi connectivity index (χ0) is 20.0. The van der Waals surface area contributed by atoms with E-state index in [-0.39, 0.29) is 5.91 Å². The van der Waals surface area contributed by atoms with Crippen LogP contribution in [-0.4, -0.2) is 25.2 Å². The highest BCUT2D eigenvalue weighted by molar-refractivity contribution is 5.80. The van der Waals surface area contributed by atoms with Crippen LogP contribution in [0.5, 0.6) is 11.5 Å². The number of carbonyl (C=O) groups is 1. The Balaban J connectivity index is 1.85. The van der Waals surface area contributed by atoms with Gasteiger partial charge in [-0.15, -0.1) is 0 Å². The fraction of sp³-hybridized carbons (Fsp3) is 0.435. The van der Waals surface area contributed by atoms with Gasteiger partial charge in [-0.1, -0.05) is 32.0 Å². The summed E-state index contributed by atoms with van der Waals surface area (Å²) in [6.45, 7) is 13.0. The van der Waals surface area contributed by atoms with Gasteiger partial charge in [0.15, 0.2) is 6.10 Å². The van der Waals surface area contributed by atoms with Gasteiger partial charge >= 0.3 is 0 Å². The minimum Gasteiger partial charge on any atom is -0.492 e. The summed E-state index contributed by atoms with van der Waals surface area (Å²) in [5.74, 6) is 1.80. The molecule has 0 spiro atoms. The normalized spacial score (nSPS) is 12.0. The van der Waals surface area contributed by atoms with Crippen LogP contribution in [-0.2, 0) is 4.79 Å². The van der Waals surface area contributed by atoms with E-state index in [0.29, 0.717) is 19.1 Å². The SMILES string of the molecule is Cc1cc(C)cc(OCCNC(=O)[C@@H](C)Oc2cc(C)ccc2C(C)C)c1. The summed E-state index contributed by atoms with van der Waals surface area (Å²) in [4.78, 5) is 12.3. The standard InChI is InChI=1S/C23H31NO3/c1-15(2)21-8-7-16(3)14-22(21)27-19(6)23(25)24-9-10-26-20-12-17(4)11-18(5)13-20/h7-8,11-15,19H,9-10H2,1-6H3,(H,24,25)/t19-/m1/s1. The number of rotatable bonds is 8. The fourth-order valence-electron chi connectivity index (χ4n) is 2.97. The van der Waals surface area contributed by atoms with Gasteiger partial charge in [0.25, 0.3) is 5.91 Å². The summed E-state index contributed by atoms with van der Waals surface area (Å²) in [6, 6.07) is 12.2. The molecule has 2 aromatic carbocycles. The molecule has 27 heavy (non-hydrogen) atoms. The van der Waals surface area contributed by atoms with Crippen molar-refractivity contribution in [3.05, 3.63) is 58.7 Å². The first kappa shape index (κ1) is 20.8. The summed E-state index contributed by atoms with van der Waals surface area (Å²) in [5.41, 5.74) is 4.55. The van der Waals surface area contributed by atoms with Gasteiger partial charge in [-0.25, -0.2) is 0 Å². The Bertz CT molecular complexity index is 763. The number of carbonyl (C=O) groups excluding carboxylic acids is 1. The number of aryl methyl sites for hydroxylation is 3. The van der Waals surface area contributed by atoms with E-state index in [1.807, 2.05) is 39.0 Å². The quantitative estimate of drug-likeness (QED) is 0.686. The number of ether oxygens (including phenoxy) is 2. The van der Waals surface area contributed by atoms with E-state index in [1.54, 1.807) is 6.92 Å². The molecule has 0 saturated carbocycles. The Kier molecular flexibility index (Phi) is 7.28. The van der Waals surface area contributed by atoms with E-state index in [2.05, 4.69) is 37.4 Å². The lowest BCUT2D eigenvalue weighted by Gasteiger charge is -2.19. The molecule has 0 bridgehead atoms. The first-order valence-electron chi connectivity index (χ1n) is 9.52. The van der Waals surface area contributed by atoms with Gasteiger partial charge in [0, 0.05) is 0 Å². The minimum atomic E-state index is -0.564. The maximum atomic E-state index is 12.3. The fourth-order valence-corrected chi connectivity index (χ4v) is 2.97. The Morgan fingerprint density at radius 3 is 2.26 bits per heavy atom. The molecule has 0 heterocycles. The van der Waals surface area contributed by atoms with Crippen LogP contribution < -0.4 is 14.8 Å². The largest absolute Gasteiger partial charge is 0.492 e. The zero-order valence-corrected chi connectivity index (χ0v) is 17.3. The third kappa shape index (κ3) is 6.31. The van der Waals surface area contributed by atoms with Crippen LogP contribution in [0.4, 0.5) is 0 Å². The summed E-state index contributed by atoms with van der Waals surface area (Å²) in [7, 11) is 0. The lowest BCUT2D eigenvalue weighted by atomic mass is 10.0. The molecule has 2 rings (SSSR count). The molecule has 0 saturated heterocycles. The van der Waals surface area contributed by atoms with E-state index in [1.165, 1.54) is 0 Å². The number of nitrogens with one attached hydrogen (secondary N) is 1. The Hall–Kier alpha value is -2.49. The molecule has 1 amide bonds. The monoisotopic (exact) mass is 369 g/mol. The van der Waals surface area contributed by atoms with E-state index in [9.17, 15) is 4.79 Å². The van der Waals surface area contributed by atoms with Crippen molar-refractivity contribution in [2.45, 2.75) is 53.6 Å². The minimum absolute atomic E-state index is 0.143. The first-order valence-corrected chi connectivity index (χ1v) is 9.52. The highest BCUT2D eigenvalue weighted by atomic mass is 16.5. The smallest absolute Gasteiger partial charge is 0.260 e. The van der Waals surface area contributed by atoms with Crippen molar-refractivity contribution in [3.8, 4) is 11.5 Å². The van der Waals surface area contributed by atoms with Crippen LogP contribution in [0.1, 0.15) is 48.9 Å². The van der Waals surface area contributed by atoms with Gasteiger partial charge in [-0.05, 0) is 74.1 Å². The average molecular weight is 370 g/mol. The predicted molar refractivity (Wildman–Crippen MR) is 110 cm³/mol. The molecule has 2 aromatic rings. The molecule has 1 atom stereocenters. The highest BCUT2D eigenvalue weighted by Gasteiger charge is 2.17. The van der Waals surface area contributed by atoms with Crippen molar-refractivity contribution in [2.75, 3.05) is 13.2 Å². The number of amides is 1. The Morgan fingerprint density at radius 2 is 1.63 bits per heavy atom. The summed E-state index contributed by atoms with van der Waals surface area (Å²) in [6.07, 6.45) is -0.564. The zero-order valence-electron chi connectivity index (χ0n) is 17.3. The molecule has 0 aliphatic rings. The van der Waals surface area contributed by atoms with E-state index < -0.39 is 6.10 Å². The molecule has 0 radical (unpaired) electrons. The third-order valence-corrected chi connectivity index (χ3v) is 4.33. The molecular weight excluding hydrogens is 338 g/mol. The first-order chi connectivity index (χ1) is 12.8. The third-order valence-electron chi connectivity index (χ3n) is 4.33. The predicted octanol–water partition coefficient (Wildman–Crippen LogP) is 4.70. The summed E-state index contributed by atoms with van der Waals surface area (Å²) >= 11 is 0. The maximum absolute atomic E-state index is 12.3. The molecule has 4 nitrogen and oxygen atoms in total. The van der Waals surface area contributed by atoms with Gasteiger partial charge in [-0.3, -0.25) is 4.79 Å². The molecule has 0 aliphatic carbocycles. The second-order valence-electron chi connectivity index (χ2n) is 7.42. The Morgan fingerprint density at radius 1 is 0.963 bits per heavy atom. The topological polar surface area (TPSA) is 47.6 Å². The number of benzene rings is 2. The summed E-state index contributed by atoms with van der Waals surface area (Å²) in [5, 5.41) is 2.88. The highest BCUT2D eigenvalue weighted by Crippen LogP contribution is 2.28. The van der Waals surface area contributed by atoms with Crippen LogP contribution in [0.2, 0.25) is 0 Å².